The third-order valence-electron chi connectivity index (χ3n) is 9.26. The number of fused-ring (bicyclic) bond motifs is 9. The topological polar surface area (TPSA) is 53.1 Å². The monoisotopic (exact) mass is 579 g/mol. The summed E-state index contributed by atoms with van der Waals surface area (Å²) in [7, 11) is 0. The molecule has 1 atom stereocenters. The van der Waals surface area contributed by atoms with E-state index in [4.69, 9.17) is 19.1 Å². The molecule has 0 radical (unpaired) electrons. The van der Waals surface area contributed by atoms with E-state index >= 15 is 0 Å². The lowest BCUT2D eigenvalue weighted by Gasteiger charge is -2.10. The average molecular weight is 580 g/mol. The summed E-state index contributed by atoms with van der Waals surface area (Å²) in [5, 5.41) is 3.35. The van der Waals surface area contributed by atoms with Gasteiger partial charge in [0.2, 0.25) is 0 Å². The van der Waals surface area contributed by atoms with Crippen LogP contribution < -0.4 is 4.74 Å². The highest BCUT2D eigenvalue weighted by atomic mass is 16.5. The van der Waals surface area contributed by atoms with Crippen LogP contribution in [0, 0.1) is 0 Å². The molecule has 1 aliphatic heterocycles. The number of ether oxygens (including phenoxy) is 1. The second-order valence-corrected chi connectivity index (χ2v) is 11.7. The minimum atomic E-state index is 0.166. The normalized spacial score (nSPS) is 15.5. The first-order chi connectivity index (χ1) is 22.3. The van der Waals surface area contributed by atoms with Gasteiger partial charge in [0, 0.05) is 45.4 Å². The van der Waals surface area contributed by atoms with Gasteiger partial charge in [-0.1, -0.05) is 60.7 Å². The zero-order valence-electron chi connectivity index (χ0n) is 24.1. The van der Waals surface area contributed by atoms with Crippen LogP contribution >= 0.6 is 0 Å². The van der Waals surface area contributed by atoms with Gasteiger partial charge in [0.1, 0.15) is 16.9 Å². The van der Waals surface area contributed by atoms with E-state index in [9.17, 15) is 0 Å². The van der Waals surface area contributed by atoms with Crippen molar-refractivity contribution < 1.29 is 9.15 Å². The number of hydrogen-bond acceptors (Lipinski definition) is 4. The van der Waals surface area contributed by atoms with Crippen molar-refractivity contribution in [2.75, 3.05) is 0 Å². The molecule has 8 aromatic rings. The van der Waals surface area contributed by atoms with Crippen LogP contribution in [0.25, 0.3) is 71.8 Å². The highest BCUT2D eigenvalue weighted by Gasteiger charge is 2.34. The first-order valence-corrected chi connectivity index (χ1v) is 15.3. The van der Waals surface area contributed by atoms with Gasteiger partial charge in [-0.2, -0.15) is 0 Å². The summed E-state index contributed by atoms with van der Waals surface area (Å²) in [4.78, 5) is 9.51. The van der Waals surface area contributed by atoms with Gasteiger partial charge >= 0.3 is 0 Å². The number of furan rings is 1. The summed E-state index contributed by atoms with van der Waals surface area (Å²) in [6.45, 7) is 0. The van der Waals surface area contributed by atoms with E-state index in [2.05, 4.69) is 108 Å². The van der Waals surface area contributed by atoms with E-state index in [-0.39, 0.29) is 5.92 Å². The maximum atomic E-state index is 6.54. The molecular weight excluding hydrogens is 554 g/mol. The summed E-state index contributed by atoms with van der Waals surface area (Å²) in [6, 6.07) is 36.1. The molecule has 212 valence electrons. The maximum absolute atomic E-state index is 6.54. The van der Waals surface area contributed by atoms with Crippen LogP contribution in [0.15, 0.2) is 144 Å². The van der Waals surface area contributed by atoms with Gasteiger partial charge < -0.3 is 13.7 Å². The highest BCUT2D eigenvalue weighted by molar-refractivity contribution is 6.17. The van der Waals surface area contributed by atoms with Gasteiger partial charge in [0.25, 0.3) is 0 Å². The van der Waals surface area contributed by atoms with Crippen LogP contribution in [-0.2, 0) is 0 Å². The Morgan fingerprint density at radius 1 is 0.711 bits per heavy atom. The average Bonchev–Trinajstić information content (AvgIpc) is 3.78. The Kier molecular flexibility index (Phi) is 5.05. The predicted octanol–water partition coefficient (Wildman–Crippen LogP) is 10.1. The van der Waals surface area contributed by atoms with E-state index in [0.29, 0.717) is 0 Å². The lowest BCUT2D eigenvalue weighted by Crippen LogP contribution is -2.00. The van der Waals surface area contributed by atoms with Crippen LogP contribution in [0.1, 0.15) is 18.0 Å². The first-order valence-electron chi connectivity index (χ1n) is 15.3. The Morgan fingerprint density at radius 3 is 2.53 bits per heavy atom. The van der Waals surface area contributed by atoms with E-state index in [1.165, 1.54) is 5.39 Å². The largest absolute Gasteiger partial charge is 0.458 e. The van der Waals surface area contributed by atoms with Crippen LogP contribution in [-0.4, -0.2) is 14.5 Å². The van der Waals surface area contributed by atoms with Crippen molar-refractivity contribution in [2.45, 2.75) is 12.3 Å². The fourth-order valence-electron chi connectivity index (χ4n) is 7.26. The van der Waals surface area contributed by atoms with Crippen molar-refractivity contribution in [3.8, 4) is 33.7 Å². The fraction of sp³-hybridized carbons (Fsp3) is 0.0500. The molecule has 0 N–H and O–H groups in total. The molecule has 5 heterocycles. The van der Waals surface area contributed by atoms with E-state index in [1.54, 1.807) is 0 Å². The Balaban J connectivity index is 1.27. The van der Waals surface area contributed by atoms with Gasteiger partial charge in [-0.05, 0) is 78.2 Å². The Labute approximate surface area is 258 Å². The predicted molar refractivity (Wildman–Crippen MR) is 180 cm³/mol. The summed E-state index contributed by atoms with van der Waals surface area (Å²) in [5.74, 6) is 2.00. The number of rotatable bonds is 3. The van der Waals surface area contributed by atoms with Crippen LogP contribution in [0.3, 0.4) is 0 Å². The molecule has 0 fully saturated rings. The third-order valence-corrected chi connectivity index (χ3v) is 9.26. The second-order valence-electron chi connectivity index (χ2n) is 11.7. The SMILES string of the molecule is C1=CCC2C(=C1)Oc1c(-c3cccc4c3c3cc(-c5ccnc6c5oc5ccccc56)ccc3n4-c3ccccc3)ccnc12. The number of para-hydroxylation sites is 2. The zero-order chi connectivity index (χ0) is 29.5. The quantitative estimate of drug-likeness (QED) is 0.209. The van der Waals surface area contributed by atoms with Crippen LogP contribution in [0.5, 0.6) is 5.75 Å². The molecule has 1 aliphatic carbocycles. The number of nitrogens with zero attached hydrogens (tertiary/aromatic N) is 3. The number of hydrogen-bond donors (Lipinski definition) is 0. The summed E-state index contributed by atoms with van der Waals surface area (Å²) in [6.07, 6.45) is 11.0. The summed E-state index contributed by atoms with van der Waals surface area (Å²) < 4.78 is 15.3. The molecule has 0 spiro atoms. The number of aromatic nitrogens is 3. The molecule has 5 heteroatoms. The number of pyridine rings is 2. The molecule has 0 amide bonds. The van der Waals surface area contributed by atoms with Crippen LogP contribution in [0.4, 0.5) is 0 Å². The first kappa shape index (κ1) is 24.5. The van der Waals surface area contributed by atoms with Crippen LogP contribution in [0.2, 0.25) is 0 Å². The molecule has 2 aliphatic rings. The standard InChI is InChI=1S/C40H25N3O2/c1-2-9-25(10-3-1)43-32-18-17-24(26-19-21-41-37-29-11-4-6-15-34(29)44-39(26)37)23-31(32)36-27(13-8-14-33(36)43)28-20-22-42-38-30-12-5-7-16-35(30)45-40(28)38/h1-11,13-23,30H,12H2. The summed E-state index contributed by atoms with van der Waals surface area (Å²) in [5.41, 5.74) is 11.2. The molecule has 4 aromatic heterocycles. The van der Waals surface area contributed by atoms with Gasteiger partial charge in [0.05, 0.1) is 22.6 Å². The van der Waals surface area contributed by atoms with Crippen molar-refractivity contribution in [2.24, 2.45) is 0 Å². The Hall–Kier alpha value is -5.94. The van der Waals surface area contributed by atoms with E-state index < -0.39 is 0 Å². The molecule has 4 aromatic carbocycles. The van der Waals surface area contributed by atoms with Crippen molar-refractivity contribution >= 4 is 43.9 Å². The third kappa shape index (κ3) is 3.49. The lowest BCUT2D eigenvalue weighted by molar-refractivity contribution is 0.426. The summed E-state index contributed by atoms with van der Waals surface area (Å²) >= 11 is 0. The minimum Gasteiger partial charge on any atom is -0.458 e. The smallest absolute Gasteiger partial charge is 0.161 e. The van der Waals surface area contributed by atoms with Crippen molar-refractivity contribution in [1.29, 1.82) is 0 Å². The zero-order valence-corrected chi connectivity index (χ0v) is 24.1. The van der Waals surface area contributed by atoms with Crippen molar-refractivity contribution in [1.82, 2.24) is 14.5 Å². The van der Waals surface area contributed by atoms with Crippen molar-refractivity contribution in [3.05, 3.63) is 145 Å². The maximum Gasteiger partial charge on any atom is 0.161 e. The second kappa shape index (κ2) is 9.28. The molecule has 10 rings (SSSR count). The van der Waals surface area contributed by atoms with E-state index in [1.807, 2.05) is 30.6 Å². The Morgan fingerprint density at radius 2 is 1.58 bits per heavy atom. The highest BCUT2D eigenvalue weighted by Crippen LogP contribution is 2.50. The fourth-order valence-corrected chi connectivity index (χ4v) is 7.26. The van der Waals surface area contributed by atoms with Gasteiger partial charge in [-0.15, -0.1) is 0 Å². The van der Waals surface area contributed by atoms with Gasteiger partial charge in [0.15, 0.2) is 11.3 Å². The number of benzene rings is 4. The Bertz CT molecular complexity index is 2550. The molecule has 1 unspecified atom stereocenters. The molecule has 45 heavy (non-hydrogen) atoms. The molecule has 0 saturated heterocycles. The molecule has 0 saturated carbocycles. The molecule has 5 nitrogen and oxygen atoms in total. The number of allylic oxidation sites excluding steroid dienone is 4. The van der Waals surface area contributed by atoms with Crippen molar-refractivity contribution in [3.63, 3.8) is 0 Å². The lowest BCUT2D eigenvalue weighted by atomic mass is 9.93. The van der Waals surface area contributed by atoms with Gasteiger partial charge in [-0.25, -0.2) is 0 Å². The molecular formula is C40H25N3O2. The molecule has 0 bridgehead atoms. The van der Waals surface area contributed by atoms with E-state index in [0.717, 1.165) is 90.1 Å². The van der Waals surface area contributed by atoms with Gasteiger partial charge in [-0.3, -0.25) is 9.97 Å². The minimum absolute atomic E-state index is 0.166.